The number of hydrogen-bond acceptors (Lipinski definition) is 4. The van der Waals surface area contributed by atoms with Gasteiger partial charge in [-0.15, -0.1) is 11.3 Å². The van der Waals surface area contributed by atoms with E-state index in [0.29, 0.717) is 13.1 Å². The summed E-state index contributed by atoms with van der Waals surface area (Å²) >= 11 is 4.91. The zero-order chi connectivity index (χ0) is 14.9. The van der Waals surface area contributed by atoms with Crippen LogP contribution in [0, 0.1) is 0 Å². The van der Waals surface area contributed by atoms with Gasteiger partial charge in [0.15, 0.2) is 0 Å². The summed E-state index contributed by atoms with van der Waals surface area (Å²) in [6.45, 7) is 0.657. The second-order valence-electron chi connectivity index (χ2n) is 4.50. The maximum Gasteiger partial charge on any atom is 0.244 e. The number of halogens is 1. The number of aryl methyl sites for hydroxylation is 1. The van der Waals surface area contributed by atoms with Crippen molar-refractivity contribution in [1.82, 2.24) is 8.87 Å². The summed E-state index contributed by atoms with van der Waals surface area (Å²) < 4.78 is 29.0. The number of aromatic nitrogens is 1. The Morgan fingerprint density at radius 1 is 1.45 bits per heavy atom. The van der Waals surface area contributed by atoms with Crippen molar-refractivity contribution in [2.75, 3.05) is 7.05 Å². The second kappa shape index (κ2) is 5.98. The summed E-state index contributed by atoms with van der Waals surface area (Å²) in [5.41, 5.74) is 7.32. The van der Waals surface area contributed by atoms with Crippen molar-refractivity contribution in [2.45, 2.75) is 18.0 Å². The zero-order valence-electron chi connectivity index (χ0n) is 11.2. The third-order valence-electron chi connectivity index (χ3n) is 3.03. The average molecular weight is 378 g/mol. The molecule has 5 nitrogen and oxygen atoms in total. The Morgan fingerprint density at radius 3 is 2.65 bits per heavy atom. The topological polar surface area (TPSA) is 68.3 Å². The fourth-order valence-corrected chi connectivity index (χ4v) is 4.33. The van der Waals surface area contributed by atoms with Gasteiger partial charge in [-0.05, 0) is 39.0 Å². The molecule has 2 aromatic heterocycles. The van der Waals surface area contributed by atoms with Crippen molar-refractivity contribution in [3.05, 3.63) is 38.8 Å². The van der Waals surface area contributed by atoms with Crippen molar-refractivity contribution in [3.63, 3.8) is 0 Å². The Hall–Kier alpha value is -0.670. The first-order chi connectivity index (χ1) is 9.34. The Morgan fingerprint density at radius 2 is 2.15 bits per heavy atom. The van der Waals surface area contributed by atoms with E-state index in [1.807, 2.05) is 11.4 Å². The standard InChI is InChI=1S/C12H16BrN3O2S2/c1-15-7-11(4-10(15)5-14)20(17,18)16(2)6-9-3-12(13)19-8-9/h3-4,7-8H,5-6,14H2,1-2H3. The van der Waals surface area contributed by atoms with Gasteiger partial charge in [-0.25, -0.2) is 8.42 Å². The van der Waals surface area contributed by atoms with Gasteiger partial charge in [-0.3, -0.25) is 0 Å². The van der Waals surface area contributed by atoms with Crippen molar-refractivity contribution >= 4 is 37.3 Å². The molecule has 20 heavy (non-hydrogen) atoms. The lowest BCUT2D eigenvalue weighted by molar-refractivity contribution is 0.467. The summed E-state index contributed by atoms with van der Waals surface area (Å²) in [5.74, 6) is 0. The highest BCUT2D eigenvalue weighted by Gasteiger charge is 2.23. The van der Waals surface area contributed by atoms with Crippen LogP contribution in [0.3, 0.4) is 0 Å². The van der Waals surface area contributed by atoms with E-state index in [9.17, 15) is 8.42 Å². The van der Waals surface area contributed by atoms with E-state index in [2.05, 4.69) is 15.9 Å². The smallest absolute Gasteiger partial charge is 0.244 e. The molecule has 2 aromatic rings. The number of sulfonamides is 1. The quantitative estimate of drug-likeness (QED) is 0.867. The summed E-state index contributed by atoms with van der Waals surface area (Å²) in [6, 6.07) is 3.54. The first-order valence-electron chi connectivity index (χ1n) is 5.89. The van der Waals surface area contributed by atoms with Crippen molar-refractivity contribution in [2.24, 2.45) is 12.8 Å². The molecule has 0 aliphatic heterocycles. The summed E-state index contributed by atoms with van der Waals surface area (Å²) in [6.07, 6.45) is 1.59. The van der Waals surface area contributed by atoms with E-state index in [1.54, 1.807) is 30.9 Å². The molecule has 2 heterocycles. The van der Waals surface area contributed by atoms with Gasteiger partial charge >= 0.3 is 0 Å². The van der Waals surface area contributed by atoms with Gasteiger partial charge in [0.2, 0.25) is 10.0 Å². The van der Waals surface area contributed by atoms with Gasteiger partial charge in [-0.2, -0.15) is 4.31 Å². The second-order valence-corrected chi connectivity index (χ2v) is 8.84. The Labute approximate surface area is 131 Å². The Kier molecular flexibility index (Phi) is 4.70. The maximum atomic E-state index is 12.5. The molecule has 0 spiro atoms. The van der Waals surface area contributed by atoms with Crippen LogP contribution >= 0.6 is 27.3 Å². The van der Waals surface area contributed by atoms with Crippen LogP contribution in [0.5, 0.6) is 0 Å². The summed E-state index contributed by atoms with van der Waals surface area (Å²) in [4.78, 5) is 0.275. The fraction of sp³-hybridized carbons (Fsp3) is 0.333. The molecule has 0 aliphatic carbocycles. The molecule has 0 bridgehead atoms. The van der Waals surface area contributed by atoms with Gasteiger partial charge in [0.25, 0.3) is 0 Å². The molecule has 0 aromatic carbocycles. The molecular formula is C12H16BrN3O2S2. The lowest BCUT2D eigenvalue weighted by atomic mass is 10.3. The van der Waals surface area contributed by atoms with E-state index in [4.69, 9.17) is 5.73 Å². The van der Waals surface area contributed by atoms with E-state index < -0.39 is 10.0 Å². The minimum absolute atomic E-state index is 0.275. The van der Waals surface area contributed by atoms with Crippen molar-refractivity contribution in [1.29, 1.82) is 0 Å². The highest BCUT2D eigenvalue weighted by atomic mass is 79.9. The highest BCUT2D eigenvalue weighted by molar-refractivity contribution is 9.11. The van der Waals surface area contributed by atoms with Crippen LogP contribution < -0.4 is 5.73 Å². The van der Waals surface area contributed by atoms with Crippen molar-refractivity contribution < 1.29 is 8.42 Å². The van der Waals surface area contributed by atoms with Crippen LogP contribution in [0.2, 0.25) is 0 Å². The SMILES string of the molecule is CN(Cc1csc(Br)c1)S(=O)(=O)c1cc(CN)n(C)c1. The van der Waals surface area contributed by atoms with E-state index in [-0.39, 0.29) is 4.90 Å². The van der Waals surface area contributed by atoms with Gasteiger partial charge in [-0.1, -0.05) is 0 Å². The normalized spacial score (nSPS) is 12.2. The molecule has 0 unspecified atom stereocenters. The molecule has 0 radical (unpaired) electrons. The van der Waals surface area contributed by atoms with Crippen LogP contribution in [-0.2, 0) is 30.2 Å². The Bertz CT molecular complexity index is 706. The van der Waals surface area contributed by atoms with Gasteiger partial charge in [0.1, 0.15) is 4.90 Å². The first-order valence-corrected chi connectivity index (χ1v) is 9.00. The number of thiophene rings is 1. The van der Waals surface area contributed by atoms with Crippen LogP contribution in [0.25, 0.3) is 0 Å². The predicted octanol–water partition coefficient (Wildman–Crippen LogP) is 2.13. The van der Waals surface area contributed by atoms with Crippen LogP contribution in [-0.4, -0.2) is 24.3 Å². The molecule has 0 saturated carbocycles. The summed E-state index contributed by atoms with van der Waals surface area (Å²) in [5, 5.41) is 1.94. The number of nitrogens with zero attached hydrogens (tertiary/aromatic N) is 2. The van der Waals surface area contributed by atoms with E-state index in [0.717, 1.165) is 15.0 Å². The summed E-state index contributed by atoms with van der Waals surface area (Å²) in [7, 11) is -0.125. The molecule has 0 atom stereocenters. The first kappa shape index (κ1) is 15.7. The highest BCUT2D eigenvalue weighted by Crippen LogP contribution is 2.24. The fourth-order valence-electron chi connectivity index (χ4n) is 1.87. The van der Waals surface area contributed by atoms with E-state index in [1.165, 1.54) is 15.6 Å². The van der Waals surface area contributed by atoms with Gasteiger partial charge < -0.3 is 10.3 Å². The molecule has 0 saturated heterocycles. The molecule has 0 fully saturated rings. The largest absolute Gasteiger partial charge is 0.352 e. The Balaban J connectivity index is 2.24. The number of rotatable bonds is 5. The third kappa shape index (κ3) is 3.15. The number of nitrogens with two attached hydrogens (primary N) is 1. The molecule has 0 aliphatic rings. The average Bonchev–Trinajstić information content (AvgIpc) is 2.95. The lowest BCUT2D eigenvalue weighted by Crippen LogP contribution is -2.26. The van der Waals surface area contributed by atoms with Crippen LogP contribution in [0.4, 0.5) is 0 Å². The zero-order valence-corrected chi connectivity index (χ0v) is 14.4. The molecule has 0 amide bonds. The van der Waals surface area contributed by atoms with Gasteiger partial charge in [0.05, 0.1) is 3.79 Å². The molecule has 2 N–H and O–H groups in total. The molecule has 8 heteroatoms. The number of hydrogen-bond donors (Lipinski definition) is 1. The molecule has 2 rings (SSSR count). The molecule has 110 valence electrons. The van der Waals surface area contributed by atoms with Crippen LogP contribution in [0.15, 0.2) is 32.4 Å². The minimum atomic E-state index is -3.49. The monoisotopic (exact) mass is 377 g/mol. The van der Waals surface area contributed by atoms with E-state index >= 15 is 0 Å². The van der Waals surface area contributed by atoms with Crippen LogP contribution in [0.1, 0.15) is 11.3 Å². The maximum absolute atomic E-state index is 12.5. The van der Waals surface area contributed by atoms with Gasteiger partial charge in [0, 0.05) is 39.1 Å². The third-order valence-corrected chi connectivity index (χ3v) is 6.35. The lowest BCUT2D eigenvalue weighted by Gasteiger charge is -2.15. The minimum Gasteiger partial charge on any atom is -0.352 e. The predicted molar refractivity (Wildman–Crippen MR) is 84.0 cm³/mol. The molecular weight excluding hydrogens is 362 g/mol. The van der Waals surface area contributed by atoms with Crippen molar-refractivity contribution in [3.8, 4) is 0 Å².